The van der Waals surface area contributed by atoms with Crippen LogP contribution in [-0.4, -0.2) is 0 Å². The van der Waals surface area contributed by atoms with Crippen LogP contribution in [0.2, 0.25) is 0 Å². The molecule has 1 aromatic rings. The van der Waals surface area contributed by atoms with Crippen molar-refractivity contribution in [1.29, 1.82) is 0 Å². The van der Waals surface area contributed by atoms with Crippen LogP contribution in [0.4, 0.5) is 0 Å². The Bertz CT molecular complexity index is 417. The minimum atomic E-state index is 1.22. The fourth-order valence-electron chi connectivity index (χ4n) is 1.46. The highest BCUT2D eigenvalue weighted by Crippen LogP contribution is 2.31. The highest BCUT2D eigenvalue weighted by molar-refractivity contribution is 7.13. The Balaban J connectivity index is 3.34. The van der Waals surface area contributed by atoms with Crippen LogP contribution >= 0.6 is 11.3 Å². The molecule has 0 fully saturated rings. The van der Waals surface area contributed by atoms with Crippen molar-refractivity contribution in [3.63, 3.8) is 0 Å². The largest absolute Gasteiger partial charge is 0.140 e. The van der Waals surface area contributed by atoms with Crippen molar-refractivity contribution in [2.45, 2.75) is 13.8 Å². The van der Waals surface area contributed by atoms with E-state index in [2.05, 4.69) is 38.3 Å². The van der Waals surface area contributed by atoms with Gasteiger partial charge < -0.3 is 0 Å². The summed E-state index contributed by atoms with van der Waals surface area (Å²) in [6.07, 6.45) is 12.0. The lowest BCUT2D eigenvalue weighted by Crippen LogP contribution is -1.77. The van der Waals surface area contributed by atoms with Gasteiger partial charge in [-0.25, -0.2) is 0 Å². The summed E-state index contributed by atoms with van der Waals surface area (Å²) in [5.41, 5.74) is 2.53. The van der Waals surface area contributed by atoms with Gasteiger partial charge >= 0.3 is 0 Å². The molecule has 1 heteroatoms. The van der Waals surface area contributed by atoms with Crippen molar-refractivity contribution in [2.75, 3.05) is 0 Å². The molecule has 0 saturated heterocycles. The second-order valence-electron chi connectivity index (χ2n) is 3.15. The van der Waals surface area contributed by atoms with E-state index in [1.807, 2.05) is 19.1 Å². The monoisotopic (exact) mass is 216 g/mol. The number of allylic oxidation sites excluding steroid dienone is 3. The molecule has 78 valence electrons. The van der Waals surface area contributed by atoms with Gasteiger partial charge in [0.15, 0.2) is 0 Å². The van der Waals surface area contributed by atoms with E-state index in [0.29, 0.717) is 0 Å². The van der Waals surface area contributed by atoms with Crippen LogP contribution in [0.5, 0.6) is 0 Å². The first-order valence-electron chi connectivity index (χ1n) is 4.92. The van der Waals surface area contributed by atoms with Crippen molar-refractivity contribution < 1.29 is 0 Å². The normalized spacial score (nSPS) is 11.3. The fraction of sp³-hybridized carbons (Fsp3) is 0.143. The lowest BCUT2D eigenvalue weighted by molar-refractivity contribution is 1.57. The molecule has 0 saturated carbocycles. The van der Waals surface area contributed by atoms with Gasteiger partial charge in [-0.3, -0.25) is 0 Å². The summed E-state index contributed by atoms with van der Waals surface area (Å²) in [4.78, 5) is 2.55. The van der Waals surface area contributed by atoms with Gasteiger partial charge in [0, 0.05) is 9.75 Å². The van der Waals surface area contributed by atoms with Gasteiger partial charge in [0.25, 0.3) is 0 Å². The minimum absolute atomic E-state index is 1.22. The number of hydrogen-bond acceptors (Lipinski definition) is 1. The minimum Gasteiger partial charge on any atom is -0.140 e. The Morgan fingerprint density at radius 2 is 1.87 bits per heavy atom. The third kappa shape index (κ3) is 2.57. The van der Waals surface area contributed by atoms with E-state index < -0.39 is 0 Å². The van der Waals surface area contributed by atoms with E-state index in [0.717, 1.165) is 0 Å². The average molecular weight is 216 g/mol. The summed E-state index contributed by atoms with van der Waals surface area (Å²) in [7, 11) is 0. The van der Waals surface area contributed by atoms with Gasteiger partial charge in [0.05, 0.1) is 0 Å². The topological polar surface area (TPSA) is 0 Å². The molecule has 0 aliphatic heterocycles. The Hall–Kier alpha value is -1.34. The summed E-state index contributed by atoms with van der Waals surface area (Å²) in [6, 6.07) is 0. The number of thiophene rings is 1. The second-order valence-corrected chi connectivity index (χ2v) is 4.41. The van der Waals surface area contributed by atoms with E-state index in [4.69, 9.17) is 0 Å². The molecular weight excluding hydrogens is 200 g/mol. The van der Waals surface area contributed by atoms with Gasteiger partial charge in [-0.05, 0) is 25.0 Å². The zero-order valence-corrected chi connectivity index (χ0v) is 10.1. The van der Waals surface area contributed by atoms with E-state index >= 15 is 0 Å². The van der Waals surface area contributed by atoms with E-state index in [-0.39, 0.29) is 0 Å². The van der Waals surface area contributed by atoms with Gasteiger partial charge in [-0.2, -0.15) is 0 Å². The SMILES string of the molecule is C=C/C=C\c1c(C=C)sc(C)c1/C=C\C. The predicted molar refractivity (Wildman–Crippen MR) is 73.1 cm³/mol. The molecule has 0 amide bonds. The molecule has 1 aromatic heterocycles. The lowest BCUT2D eigenvalue weighted by Gasteiger charge is -1.95. The van der Waals surface area contributed by atoms with Gasteiger partial charge in [-0.1, -0.05) is 49.6 Å². The zero-order chi connectivity index (χ0) is 11.3. The van der Waals surface area contributed by atoms with Crippen molar-refractivity contribution in [3.8, 4) is 0 Å². The predicted octanol–water partition coefficient (Wildman–Crippen LogP) is 4.93. The molecule has 0 spiro atoms. The fourth-order valence-corrected chi connectivity index (χ4v) is 2.45. The van der Waals surface area contributed by atoms with Crippen molar-refractivity contribution in [1.82, 2.24) is 0 Å². The van der Waals surface area contributed by atoms with Crippen molar-refractivity contribution in [3.05, 3.63) is 52.3 Å². The molecule has 0 N–H and O–H groups in total. The zero-order valence-electron chi connectivity index (χ0n) is 9.29. The van der Waals surface area contributed by atoms with Crippen LogP contribution in [0, 0.1) is 6.92 Å². The van der Waals surface area contributed by atoms with Crippen molar-refractivity contribution >= 4 is 29.6 Å². The summed E-state index contributed by atoms with van der Waals surface area (Å²) in [5.74, 6) is 0. The average Bonchev–Trinajstić information content (AvgIpc) is 2.53. The maximum absolute atomic E-state index is 3.84. The van der Waals surface area contributed by atoms with E-state index in [9.17, 15) is 0 Å². The van der Waals surface area contributed by atoms with Gasteiger partial charge in [0.1, 0.15) is 0 Å². The molecular formula is C14H16S. The molecule has 0 aromatic carbocycles. The molecule has 1 rings (SSSR count). The standard InChI is InChI=1S/C14H16S/c1-5-8-10-13-12(9-6-2)11(4)15-14(13)7-3/h5-10H,1,3H2,2,4H3/b9-6-,10-8-. The summed E-state index contributed by atoms with van der Waals surface area (Å²) in [5, 5.41) is 0. The van der Waals surface area contributed by atoms with Crippen LogP contribution < -0.4 is 0 Å². The third-order valence-corrected chi connectivity index (χ3v) is 3.25. The Kier molecular flexibility index (Phi) is 4.32. The highest BCUT2D eigenvalue weighted by Gasteiger charge is 2.08. The molecule has 0 aliphatic carbocycles. The molecule has 0 radical (unpaired) electrons. The van der Waals surface area contributed by atoms with Crippen LogP contribution in [0.3, 0.4) is 0 Å². The quantitative estimate of drug-likeness (QED) is 0.626. The number of hydrogen-bond donors (Lipinski definition) is 0. The second kappa shape index (κ2) is 5.52. The molecule has 0 unspecified atom stereocenters. The van der Waals surface area contributed by atoms with E-state index in [1.54, 1.807) is 17.4 Å². The van der Waals surface area contributed by atoms with Gasteiger partial charge in [-0.15, -0.1) is 11.3 Å². The first-order valence-corrected chi connectivity index (χ1v) is 5.73. The summed E-state index contributed by atoms with van der Waals surface area (Å²) < 4.78 is 0. The molecule has 0 nitrogen and oxygen atoms in total. The highest BCUT2D eigenvalue weighted by atomic mass is 32.1. The lowest BCUT2D eigenvalue weighted by atomic mass is 10.1. The molecule has 15 heavy (non-hydrogen) atoms. The molecule has 0 aliphatic rings. The first kappa shape index (κ1) is 11.7. The Morgan fingerprint density at radius 3 is 2.40 bits per heavy atom. The summed E-state index contributed by atoms with van der Waals surface area (Å²) in [6.45, 7) is 11.7. The maximum Gasteiger partial charge on any atom is 0.0345 e. The molecule has 0 bridgehead atoms. The maximum atomic E-state index is 3.84. The Labute approximate surface area is 96.0 Å². The molecule has 1 heterocycles. The first-order chi connectivity index (χ1) is 7.24. The van der Waals surface area contributed by atoms with Crippen LogP contribution in [-0.2, 0) is 0 Å². The number of aryl methyl sites for hydroxylation is 1. The number of rotatable bonds is 4. The Morgan fingerprint density at radius 1 is 1.13 bits per heavy atom. The van der Waals surface area contributed by atoms with Crippen molar-refractivity contribution in [2.24, 2.45) is 0 Å². The van der Waals surface area contributed by atoms with Crippen LogP contribution in [0.15, 0.2) is 31.4 Å². The van der Waals surface area contributed by atoms with Crippen LogP contribution in [0.25, 0.3) is 18.2 Å². The summed E-state index contributed by atoms with van der Waals surface area (Å²) >= 11 is 1.78. The van der Waals surface area contributed by atoms with Crippen LogP contribution in [0.1, 0.15) is 27.8 Å². The third-order valence-electron chi connectivity index (χ3n) is 2.12. The molecule has 0 atom stereocenters. The smallest absolute Gasteiger partial charge is 0.0345 e. The van der Waals surface area contributed by atoms with E-state index in [1.165, 1.54) is 20.9 Å². The van der Waals surface area contributed by atoms with Gasteiger partial charge in [0.2, 0.25) is 0 Å².